The van der Waals surface area contributed by atoms with Crippen molar-refractivity contribution in [1.82, 2.24) is 19.9 Å². The van der Waals surface area contributed by atoms with Crippen LogP contribution < -0.4 is 11.1 Å². The second-order valence-electron chi connectivity index (χ2n) is 6.25. The van der Waals surface area contributed by atoms with Gasteiger partial charge in [0.15, 0.2) is 5.69 Å². The summed E-state index contributed by atoms with van der Waals surface area (Å²) in [6.07, 6.45) is 1.76. The number of primary amides is 1. The van der Waals surface area contributed by atoms with Gasteiger partial charge in [-0.2, -0.15) is 0 Å². The Labute approximate surface area is 163 Å². The van der Waals surface area contributed by atoms with Gasteiger partial charge < -0.3 is 20.7 Å². The fourth-order valence-electron chi connectivity index (χ4n) is 2.64. The second kappa shape index (κ2) is 9.84. The lowest BCUT2D eigenvalue weighted by atomic mass is 10.1. The lowest BCUT2D eigenvalue weighted by Gasteiger charge is -2.09. The molecule has 1 amide bonds. The Morgan fingerprint density at radius 1 is 1.30 bits per heavy atom. The fourth-order valence-corrected chi connectivity index (χ4v) is 2.64. The third-order valence-corrected chi connectivity index (χ3v) is 3.58. The van der Waals surface area contributed by atoms with Crippen molar-refractivity contribution in [2.45, 2.75) is 20.4 Å². The van der Waals surface area contributed by atoms with Crippen molar-refractivity contribution < 1.29 is 14.7 Å². The number of para-hydroxylation sites is 1. The second-order valence-corrected chi connectivity index (χ2v) is 6.25. The minimum Gasteiger partial charge on any atom is -0.480 e. The average molecular weight is 394 g/mol. The van der Waals surface area contributed by atoms with Crippen LogP contribution in [0.15, 0.2) is 30.6 Å². The summed E-state index contributed by atoms with van der Waals surface area (Å²) in [5.74, 6) is -0.885. The van der Waals surface area contributed by atoms with E-state index in [4.69, 9.17) is 10.8 Å². The number of fused-ring (bicyclic) bond motifs is 3. The Morgan fingerprint density at radius 2 is 1.96 bits per heavy atom. The number of carboxylic acids is 1. The quantitative estimate of drug-likeness (QED) is 0.609. The maximum absolute atomic E-state index is 11.6. The maximum Gasteiger partial charge on any atom is 0.317 e. The Bertz CT molecular complexity index is 939. The molecule has 3 aromatic rings. The highest BCUT2D eigenvalue weighted by atomic mass is 35.5. The van der Waals surface area contributed by atoms with Gasteiger partial charge in [-0.3, -0.25) is 9.59 Å². The van der Waals surface area contributed by atoms with Crippen molar-refractivity contribution in [3.63, 3.8) is 0 Å². The fraction of sp³-hybridized carbons (Fsp3) is 0.333. The van der Waals surface area contributed by atoms with Crippen LogP contribution in [0.4, 0.5) is 0 Å². The zero-order valence-corrected chi connectivity index (χ0v) is 16.3. The van der Waals surface area contributed by atoms with Gasteiger partial charge in [0.2, 0.25) is 0 Å². The standard InChI is InChI=1S/C15H16N4O.C3H7NO2.ClH/c1-9(2)7-19-8-17-12-13(15(16)20)18-11-6-4-3-5-10(11)14(12)19;1-4-2-3(5)6;/h3-6,8-9H,7H2,1-2H3,(H2,16,20);4H,2H2,1H3,(H,5,6);1H. The van der Waals surface area contributed by atoms with Crippen LogP contribution in [0, 0.1) is 5.92 Å². The van der Waals surface area contributed by atoms with Gasteiger partial charge >= 0.3 is 5.97 Å². The number of benzene rings is 1. The van der Waals surface area contributed by atoms with Crippen molar-refractivity contribution in [3.05, 3.63) is 36.3 Å². The molecule has 27 heavy (non-hydrogen) atoms. The summed E-state index contributed by atoms with van der Waals surface area (Å²) < 4.78 is 2.07. The molecule has 2 aromatic heterocycles. The Balaban J connectivity index is 0.000000456. The first-order valence-corrected chi connectivity index (χ1v) is 8.24. The van der Waals surface area contributed by atoms with E-state index in [1.807, 2.05) is 24.3 Å². The molecule has 4 N–H and O–H groups in total. The van der Waals surface area contributed by atoms with E-state index in [1.54, 1.807) is 13.4 Å². The number of carbonyl (C=O) groups is 2. The number of nitrogens with two attached hydrogens (primary N) is 1. The number of hydrogen-bond donors (Lipinski definition) is 3. The molecule has 0 aliphatic carbocycles. The van der Waals surface area contributed by atoms with Gasteiger partial charge in [0.05, 0.1) is 23.9 Å². The van der Waals surface area contributed by atoms with E-state index in [9.17, 15) is 9.59 Å². The number of rotatable bonds is 5. The minimum atomic E-state index is -0.822. The topological polar surface area (TPSA) is 123 Å². The van der Waals surface area contributed by atoms with Gasteiger partial charge in [-0.15, -0.1) is 12.4 Å². The number of amides is 1. The molecule has 0 saturated heterocycles. The number of likely N-dealkylation sites (N-methyl/N-ethyl adjacent to an activating group) is 1. The molecule has 0 bridgehead atoms. The number of carbonyl (C=O) groups excluding carboxylic acids is 1. The summed E-state index contributed by atoms with van der Waals surface area (Å²) in [4.78, 5) is 29.8. The molecule has 0 fully saturated rings. The minimum absolute atomic E-state index is 0. The number of aliphatic carboxylic acids is 1. The van der Waals surface area contributed by atoms with Crippen molar-refractivity contribution >= 4 is 46.2 Å². The highest BCUT2D eigenvalue weighted by Gasteiger charge is 2.17. The van der Waals surface area contributed by atoms with Crippen LogP contribution in [0.3, 0.4) is 0 Å². The number of nitrogens with one attached hydrogen (secondary N) is 1. The number of aromatic nitrogens is 3. The van der Waals surface area contributed by atoms with Crippen LogP contribution in [0.1, 0.15) is 24.3 Å². The average Bonchev–Trinajstić information content (AvgIpc) is 2.97. The Kier molecular flexibility index (Phi) is 8.14. The molecular weight excluding hydrogens is 370 g/mol. The molecule has 0 unspecified atom stereocenters. The summed E-state index contributed by atoms with van der Waals surface area (Å²) in [6, 6.07) is 7.73. The van der Waals surface area contributed by atoms with E-state index in [0.717, 1.165) is 23.0 Å². The zero-order chi connectivity index (χ0) is 19.3. The molecule has 0 atom stereocenters. The van der Waals surface area contributed by atoms with E-state index in [0.29, 0.717) is 11.4 Å². The third kappa shape index (κ3) is 5.38. The Morgan fingerprint density at radius 3 is 2.48 bits per heavy atom. The van der Waals surface area contributed by atoms with E-state index in [1.165, 1.54) is 0 Å². The molecule has 0 spiro atoms. The lowest BCUT2D eigenvalue weighted by molar-refractivity contribution is -0.135. The van der Waals surface area contributed by atoms with Crippen LogP contribution in [0.2, 0.25) is 0 Å². The predicted octanol–water partition coefficient (Wildman–Crippen LogP) is 2.05. The van der Waals surface area contributed by atoms with Gasteiger partial charge in [-0.25, -0.2) is 9.97 Å². The van der Waals surface area contributed by atoms with E-state index in [2.05, 4.69) is 33.7 Å². The number of hydrogen-bond acceptors (Lipinski definition) is 5. The first kappa shape index (κ1) is 22.3. The Hall–Kier alpha value is -2.71. The van der Waals surface area contributed by atoms with Gasteiger partial charge in [-0.05, 0) is 19.0 Å². The largest absolute Gasteiger partial charge is 0.480 e. The monoisotopic (exact) mass is 393 g/mol. The normalized spacial score (nSPS) is 10.4. The van der Waals surface area contributed by atoms with Crippen molar-refractivity contribution in [1.29, 1.82) is 0 Å². The highest BCUT2D eigenvalue weighted by molar-refractivity contribution is 6.11. The number of imidazole rings is 1. The van der Waals surface area contributed by atoms with E-state index >= 15 is 0 Å². The highest BCUT2D eigenvalue weighted by Crippen LogP contribution is 2.26. The molecule has 0 radical (unpaired) electrons. The molecule has 9 heteroatoms. The molecule has 0 aliphatic rings. The first-order chi connectivity index (χ1) is 12.3. The van der Waals surface area contributed by atoms with E-state index < -0.39 is 11.9 Å². The summed E-state index contributed by atoms with van der Waals surface area (Å²) >= 11 is 0. The smallest absolute Gasteiger partial charge is 0.317 e. The van der Waals surface area contributed by atoms with Gasteiger partial charge in [0.1, 0.15) is 5.52 Å². The SMILES string of the molecule is CC(C)Cn1cnc2c(C(N)=O)nc3ccccc3c21.CNCC(=O)O.Cl. The van der Waals surface area contributed by atoms with Crippen LogP contribution in [-0.2, 0) is 11.3 Å². The van der Waals surface area contributed by atoms with Crippen LogP contribution in [0.5, 0.6) is 0 Å². The van der Waals surface area contributed by atoms with Crippen LogP contribution >= 0.6 is 12.4 Å². The van der Waals surface area contributed by atoms with Crippen LogP contribution in [0.25, 0.3) is 21.9 Å². The number of pyridine rings is 1. The number of nitrogens with zero attached hydrogens (tertiary/aromatic N) is 3. The number of halogens is 1. The molecule has 3 rings (SSSR count). The zero-order valence-electron chi connectivity index (χ0n) is 15.5. The van der Waals surface area contributed by atoms with Gasteiger partial charge in [0, 0.05) is 11.9 Å². The van der Waals surface area contributed by atoms with Gasteiger partial charge in [-0.1, -0.05) is 32.0 Å². The molecule has 0 aliphatic heterocycles. The molecule has 1 aromatic carbocycles. The molecule has 8 nitrogen and oxygen atoms in total. The molecule has 146 valence electrons. The first-order valence-electron chi connectivity index (χ1n) is 8.24. The molecule has 2 heterocycles. The van der Waals surface area contributed by atoms with E-state index in [-0.39, 0.29) is 24.6 Å². The molecular formula is C18H24ClN5O3. The van der Waals surface area contributed by atoms with Crippen molar-refractivity contribution in [3.8, 4) is 0 Å². The predicted molar refractivity (Wildman–Crippen MR) is 107 cm³/mol. The summed E-state index contributed by atoms with van der Waals surface area (Å²) in [5.41, 5.74) is 7.94. The van der Waals surface area contributed by atoms with Gasteiger partial charge in [0.25, 0.3) is 5.91 Å². The molecule has 0 saturated carbocycles. The lowest BCUT2D eigenvalue weighted by Crippen LogP contribution is -2.16. The van der Waals surface area contributed by atoms with Crippen LogP contribution in [-0.4, -0.2) is 45.1 Å². The van der Waals surface area contributed by atoms with Crippen molar-refractivity contribution in [2.75, 3.05) is 13.6 Å². The maximum atomic E-state index is 11.6. The number of carboxylic acid groups (broad SMARTS) is 1. The summed E-state index contributed by atoms with van der Waals surface area (Å²) in [6.45, 7) is 5.16. The summed E-state index contributed by atoms with van der Waals surface area (Å²) in [5, 5.41) is 11.3. The third-order valence-electron chi connectivity index (χ3n) is 3.58. The van der Waals surface area contributed by atoms with Crippen molar-refractivity contribution in [2.24, 2.45) is 11.7 Å². The summed E-state index contributed by atoms with van der Waals surface area (Å²) in [7, 11) is 1.59.